The summed E-state index contributed by atoms with van der Waals surface area (Å²) in [5, 5.41) is 20.1. The number of hydrogen-bond donors (Lipinski definition) is 1. The maximum atomic E-state index is 12.1. The lowest BCUT2D eigenvalue weighted by Gasteiger charge is -2.10. The van der Waals surface area contributed by atoms with Crippen molar-refractivity contribution in [1.29, 1.82) is 5.26 Å². The van der Waals surface area contributed by atoms with Crippen LogP contribution in [0.4, 0.5) is 5.69 Å². The van der Waals surface area contributed by atoms with Crippen LogP contribution in [0.3, 0.4) is 0 Å². The second kappa shape index (κ2) is 6.50. The molecule has 0 unspecified atom stereocenters. The van der Waals surface area contributed by atoms with Gasteiger partial charge in [-0.15, -0.1) is 10.2 Å². The van der Waals surface area contributed by atoms with Gasteiger partial charge in [-0.2, -0.15) is 5.26 Å². The van der Waals surface area contributed by atoms with Crippen molar-refractivity contribution in [2.75, 3.05) is 5.32 Å². The van der Waals surface area contributed by atoms with Crippen molar-refractivity contribution >= 4 is 34.7 Å². The first kappa shape index (κ1) is 14.5. The molecule has 1 N–H and O–H groups in total. The summed E-state index contributed by atoms with van der Waals surface area (Å²) in [5.74, 6) is -0.127. The fourth-order valence-electron chi connectivity index (χ4n) is 1.44. The average Bonchev–Trinajstić information content (AvgIpc) is 2.84. The number of carbonyl (C=O) groups is 1. The van der Waals surface area contributed by atoms with Gasteiger partial charge in [0.1, 0.15) is 5.01 Å². The summed E-state index contributed by atoms with van der Waals surface area (Å²) in [5.41, 5.74) is 1.14. The van der Waals surface area contributed by atoms with E-state index in [0.29, 0.717) is 11.3 Å². The highest BCUT2D eigenvalue weighted by atomic mass is 32.2. The Labute approximate surface area is 125 Å². The molecule has 1 aromatic carbocycles. The molecule has 0 saturated heterocycles. The SMILES string of the molecule is Cc1nnc(S[C@H](C)C(=O)Nc2cccc(C#N)c2)s1. The van der Waals surface area contributed by atoms with Gasteiger partial charge in [-0.1, -0.05) is 29.2 Å². The van der Waals surface area contributed by atoms with E-state index >= 15 is 0 Å². The van der Waals surface area contributed by atoms with Crippen LogP contribution in [0, 0.1) is 18.3 Å². The number of anilines is 1. The standard InChI is InChI=1S/C13H12N4OS2/c1-8(19-13-17-16-9(2)20-13)12(18)15-11-5-3-4-10(6-11)7-14/h3-6,8H,1-2H3,(H,15,18)/t8-/m1/s1. The number of rotatable bonds is 4. The van der Waals surface area contributed by atoms with E-state index in [1.165, 1.54) is 23.1 Å². The van der Waals surface area contributed by atoms with Crippen LogP contribution in [-0.2, 0) is 4.79 Å². The van der Waals surface area contributed by atoms with E-state index in [2.05, 4.69) is 15.5 Å². The molecule has 2 aromatic rings. The largest absolute Gasteiger partial charge is 0.325 e. The molecule has 1 atom stereocenters. The molecule has 0 aliphatic heterocycles. The van der Waals surface area contributed by atoms with E-state index in [4.69, 9.17) is 5.26 Å². The fourth-order valence-corrected chi connectivity index (χ4v) is 3.40. The summed E-state index contributed by atoms with van der Waals surface area (Å²) < 4.78 is 0.774. The Morgan fingerprint density at radius 3 is 2.95 bits per heavy atom. The van der Waals surface area contributed by atoms with Gasteiger partial charge in [-0.05, 0) is 32.0 Å². The Bertz CT molecular complexity index is 662. The minimum Gasteiger partial charge on any atom is -0.325 e. The van der Waals surface area contributed by atoms with Gasteiger partial charge in [0.15, 0.2) is 4.34 Å². The number of thioether (sulfide) groups is 1. The molecule has 20 heavy (non-hydrogen) atoms. The maximum absolute atomic E-state index is 12.1. The van der Waals surface area contributed by atoms with Crippen LogP contribution in [0.2, 0.25) is 0 Å². The molecule has 7 heteroatoms. The van der Waals surface area contributed by atoms with Crippen molar-refractivity contribution < 1.29 is 4.79 Å². The first-order valence-corrected chi connectivity index (χ1v) is 7.56. The monoisotopic (exact) mass is 304 g/mol. The van der Waals surface area contributed by atoms with Crippen molar-refractivity contribution in [2.24, 2.45) is 0 Å². The number of benzene rings is 1. The van der Waals surface area contributed by atoms with Crippen molar-refractivity contribution in [3.63, 3.8) is 0 Å². The van der Waals surface area contributed by atoms with Gasteiger partial charge in [-0.25, -0.2) is 0 Å². The van der Waals surface area contributed by atoms with Crippen LogP contribution in [0.5, 0.6) is 0 Å². The molecule has 0 aliphatic carbocycles. The van der Waals surface area contributed by atoms with E-state index in [1.807, 2.05) is 19.9 Å². The van der Waals surface area contributed by atoms with Gasteiger partial charge in [0.25, 0.3) is 0 Å². The lowest BCUT2D eigenvalue weighted by Crippen LogP contribution is -2.22. The van der Waals surface area contributed by atoms with E-state index in [1.54, 1.807) is 24.3 Å². The summed E-state index contributed by atoms with van der Waals surface area (Å²) in [4.78, 5) is 12.1. The minimum absolute atomic E-state index is 0.127. The number of hydrogen-bond acceptors (Lipinski definition) is 6. The third-order valence-electron chi connectivity index (χ3n) is 2.41. The summed E-state index contributed by atoms with van der Waals surface area (Å²) in [6, 6.07) is 8.87. The maximum Gasteiger partial charge on any atom is 0.237 e. The molecule has 5 nitrogen and oxygen atoms in total. The van der Waals surface area contributed by atoms with Crippen LogP contribution < -0.4 is 5.32 Å². The number of amides is 1. The van der Waals surface area contributed by atoms with Gasteiger partial charge < -0.3 is 5.32 Å². The highest BCUT2D eigenvalue weighted by molar-refractivity contribution is 8.02. The molecule has 0 fully saturated rings. The van der Waals surface area contributed by atoms with Gasteiger partial charge in [0.05, 0.1) is 16.9 Å². The van der Waals surface area contributed by atoms with Crippen LogP contribution >= 0.6 is 23.1 Å². The van der Waals surface area contributed by atoms with Crippen molar-refractivity contribution in [3.8, 4) is 6.07 Å². The van der Waals surface area contributed by atoms with Crippen LogP contribution in [-0.4, -0.2) is 21.4 Å². The molecule has 1 amide bonds. The Kier molecular flexibility index (Phi) is 4.71. The molecule has 0 aliphatic rings. The molecule has 1 aromatic heterocycles. The average molecular weight is 304 g/mol. The first-order chi connectivity index (χ1) is 9.58. The zero-order chi connectivity index (χ0) is 14.5. The van der Waals surface area contributed by atoms with Gasteiger partial charge >= 0.3 is 0 Å². The molecule has 0 bridgehead atoms. The summed E-state index contributed by atoms with van der Waals surface area (Å²) >= 11 is 2.83. The van der Waals surface area contributed by atoms with Gasteiger partial charge in [-0.3, -0.25) is 4.79 Å². The highest BCUT2D eigenvalue weighted by Gasteiger charge is 2.16. The van der Waals surface area contributed by atoms with E-state index < -0.39 is 0 Å². The predicted molar refractivity (Wildman–Crippen MR) is 79.8 cm³/mol. The number of aryl methyl sites for hydroxylation is 1. The lowest BCUT2D eigenvalue weighted by atomic mass is 10.2. The number of aromatic nitrogens is 2. The minimum atomic E-state index is -0.284. The van der Waals surface area contributed by atoms with Crippen LogP contribution in [0.1, 0.15) is 17.5 Å². The van der Waals surface area contributed by atoms with Crippen molar-refractivity contribution in [2.45, 2.75) is 23.4 Å². The number of carbonyl (C=O) groups excluding carboxylic acids is 1. The predicted octanol–water partition coefficient (Wildman–Crippen LogP) is 2.84. The highest BCUT2D eigenvalue weighted by Crippen LogP contribution is 2.26. The Morgan fingerprint density at radius 1 is 1.50 bits per heavy atom. The lowest BCUT2D eigenvalue weighted by molar-refractivity contribution is -0.115. The topological polar surface area (TPSA) is 78.7 Å². The number of nitrogens with zero attached hydrogens (tertiary/aromatic N) is 3. The van der Waals surface area contributed by atoms with E-state index in [9.17, 15) is 4.79 Å². The van der Waals surface area contributed by atoms with Gasteiger partial charge in [0, 0.05) is 5.69 Å². The van der Waals surface area contributed by atoms with Gasteiger partial charge in [0.2, 0.25) is 5.91 Å². The molecule has 0 radical (unpaired) electrons. The summed E-state index contributed by atoms with van der Waals surface area (Å²) in [6.45, 7) is 3.69. The zero-order valence-corrected chi connectivity index (χ0v) is 12.6. The quantitative estimate of drug-likeness (QED) is 0.879. The first-order valence-electron chi connectivity index (χ1n) is 5.86. The second-order valence-electron chi connectivity index (χ2n) is 4.03. The Balaban J connectivity index is 1.98. The molecule has 102 valence electrons. The third kappa shape index (κ3) is 3.79. The molecule has 0 saturated carbocycles. The fraction of sp³-hybridized carbons (Fsp3) is 0.231. The third-order valence-corrected chi connectivity index (χ3v) is 4.44. The Hall–Kier alpha value is -1.91. The molecule has 2 rings (SSSR count). The van der Waals surface area contributed by atoms with Crippen molar-refractivity contribution in [1.82, 2.24) is 10.2 Å². The summed E-state index contributed by atoms with van der Waals surface area (Å²) in [7, 11) is 0. The molecule has 0 spiro atoms. The second-order valence-corrected chi connectivity index (χ2v) is 6.80. The number of nitrogens with one attached hydrogen (secondary N) is 1. The van der Waals surface area contributed by atoms with E-state index in [-0.39, 0.29) is 11.2 Å². The molecule has 1 heterocycles. The normalized spacial score (nSPS) is 11.7. The molecular weight excluding hydrogens is 292 g/mol. The van der Waals surface area contributed by atoms with E-state index in [0.717, 1.165) is 9.35 Å². The van der Waals surface area contributed by atoms with Crippen molar-refractivity contribution in [3.05, 3.63) is 34.8 Å². The smallest absolute Gasteiger partial charge is 0.237 e. The Morgan fingerprint density at radius 2 is 2.30 bits per heavy atom. The summed E-state index contributed by atoms with van der Waals surface area (Å²) in [6.07, 6.45) is 0. The molecular formula is C13H12N4OS2. The van der Waals surface area contributed by atoms with Crippen LogP contribution in [0.15, 0.2) is 28.6 Å². The zero-order valence-electron chi connectivity index (χ0n) is 11.0. The number of nitriles is 1. The van der Waals surface area contributed by atoms with Crippen LogP contribution in [0.25, 0.3) is 0 Å².